The molecule has 0 spiro atoms. The molecule has 2 aliphatic heterocycles. The van der Waals surface area contributed by atoms with Crippen LogP contribution in [0.5, 0.6) is 0 Å². The fraction of sp³-hybridized carbons (Fsp3) is 0.486. The molecule has 1 aromatic carbocycles. The molecule has 2 saturated heterocycles. The lowest BCUT2D eigenvalue weighted by Gasteiger charge is -2.32. The average molecular weight is 694 g/mol. The Labute approximate surface area is 287 Å². The summed E-state index contributed by atoms with van der Waals surface area (Å²) in [6.45, 7) is 11.5. The van der Waals surface area contributed by atoms with E-state index in [1.165, 1.54) is 4.57 Å². The molecule has 1 N–H and O–H groups in total. The first kappa shape index (κ1) is 34.9. The molecule has 0 bridgehead atoms. The molecule has 0 radical (unpaired) electrons. The number of rotatable bonds is 5. The van der Waals surface area contributed by atoms with Crippen molar-refractivity contribution in [2.75, 3.05) is 13.1 Å². The van der Waals surface area contributed by atoms with Gasteiger partial charge in [-0.05, 0) is 67.2 Å². The van der Waals surface area contributed by atoms with Crippen LogP contribution in [0.1, 0.15) is 96.7 Å². The molecular formula is C35H40F3N8O4-. The number of H-pyrrole nitrogens is 1. The quantitative estimate of drug-likeness (QED) is 0.243. The second kappa shape index (κ2) is 12.7. The molecular weight excluding hydrogens is 653 g/mol. The van der Waals surface area contributed by atoms with Crippen LogP contribution >= 0.6 is 0 Å². The number of halogens is 3. The van der Waals surface area contributed by atoms with Gasteiger partial charge in [0.25, 0.3) is 0 Å². The van der Waals surface area contributed by atoms with Gasteiger partial charge in [0.2, 0.25) is 0 Å². The average Bonchev–Trinajstić information content (AvgIpc) is 3.84. The molecule has 12 nitrogen and oxygen atoms in total. The topological polar surface area (TPSA) is 145 Å². The largest absolute Gasteiger partial charge is 0.530 e. The van der Waals surface area contributed by atoms with Crippen molar-refractivity contribution in [2.45, 2.75) is 96.6 Å². The van der Waals surface area contributed by atoms with E-state index in [2.05, 4.69) is 24.9 Å². The summed E-state index contributed by atoms with van der Waals surface area (Å²) in [7, 11) is 0. The molecule has 0 aliphatic carbocycles. The third-order valence-electron chi connectivity index (χ3n) is 8.80. The SMILES string of the molecule is CC(C)(C)OC(=O)N1CCC[C@H]1c1ncc(-c2cnc(-c3ccc(-c4c(C(F)(F)F)nc([C@@H]5CCCN5C(=O)[O-])n4C(C)(C)C)cc3)nc2)[nH]1. The van der Waals surface area contributed by atoms with E-state index in [4.69, 9.17) is 4.74 Å². The van der Waals surface area contributed by atoms with Gasteiger partial charge < -0.3 is 29.1 Å². The molecule has 6 rings (SSSR count). The van der Waals surface area contributed by atoms with E-state index in [0.29, 0.717) is 47.9 Å². The Hall–Kier alpha value is -4.95. The normalized spacial score (nSPS) is 18.6. The molecule has 2 aliphatic rings. The van der Waals surface area contributed by atoms with Crippen molar-refractivity contribution in [3.8, 4) is 33.9 Å². The molecule has 2 fully saturated rings. The predicted octanol–water partition coefficient (Wildman–Crippen LogP) is 6.72. The van der Waals surface area contributed by atoms with Crippen LogP contribution in [0, 0.1) is 0 Å². The minimum Gasteiger partial charge on any atom is -0.530 e. The van der Waals surface area contributed by atoms with Crippen LogP contribution in [0.2, 0.25) is 0 Å². The number of nitrogens with one attached hydrogen (secondary N) is 1. The number of benzene rings is 1. The Morgan fingerprint density at radius 2 is 1.44 bits per heavy atom. The first-order chi connectivity index (χ1) is 23.4. The second-order valence-corrected chi connectivity index (χ2v) is 14.7. The van der Waals surface area contributed by atoms with E-state index in [-0.39, 0.29) is 35.8 Å². The third-order valence-corrected chi connectivity index (χ3v) is 8.80. The van der Waals surface area contributed by atoms with Gasteiger partial charge in [-0.2, -0.15) is 13.2 Å². The highest BCUT2D eigenvalue weighted by Crippen LogP contribution is 2.44. The summed E-state index contributed by atoms with van der Waals surface area (Å²) < 4.78 is 50.6. The maximum absolute atomic E-state index is 14.5. The van der Waals surface area contributed by atoms with Crippen molar-refractivity contribution in [1.29, 1.82) is 0 Å². The maximum atomic E-state index is 14.5. The molecule has 4 aromatic rings. The Morgan fingerprint density at radius 1 is 0.840 bits per heavy atom. The van der Waals surface area contributed by atoms with E-state index in [1.807, 2.05) is 20.8 Å². The minimum atomic E-state index is -4.79. The molecule has 50 heavy (non-hydrogen) atoms. The Morgan fingerprint density at radius 3 is 2.02 bits per heavy atom. The number of aromatic nitrogens is 6. The summed E-state index contributed by atoms with van der Waals surface area (Å²) >= 11 is 0. The lowest BCUT2D eigenvalue weighted by atomic mass is 10.0. The Balaban J connectivity index is 1.26. The Kier molecular flexibility index (Phi) is 8.89. The van der Waals surface area contributed by atoms with Crippen LogP contribution in [0.3, 0.4) is 0 Å². The van der Waals surface area contributed by atoms with Gasteiger partial charge in [0.1, 0.15) is 23.3 Å². The summed E-state index contributed by atoms with van der Waals surface area (Å²) in [5.41, 5.74) is -0.509. The summed E-state index contributed by atoms with van der Waals surface area (Å²) in [6, 6.07) is 5.32. The van der Waals surface area contributed by atoms with Crippen LogP contribution in [0.25, 0.3) is 33.9 Å². The molecule has 0 unspecified atom stereocenters. The van der Waals surface area contributed by atoms with Crippen LogP contribution < -0.4 is 5.11 Å². The number of carbonyl (C=O) groups excluding carboxylic acids is 2. The van der Waals surface area contributed by atoms with E-state index < -0.39 is 35.1 Å². The number of nitrogens with zero attached hydrogens (tertiary/aromatic N) is 7. The molecule has 2 amide bonds. The van der Waals surface area contributed by atoms with Gasteiger partial charge in [-0.1, -0.05) is 24.3 Å². The summed E-state index contributed by atoms with van der Waals surface area (Å²) in [4.78, 5) is 48.2. The highest BCUT2D eigenvalue weighted by Gasteiger charge is 2.44. The number of aromatic amines is 1. The highest BCUT2D eigenvalue weighted by molar-refractivity contribution is 5.70. The molecule has 2 atom stereocenters. The fourth-order valence-electron chi connectivity index (χ4n) is 6.69. The lowest BCUT2D eigenvalue weighted by molar-refractivity contribution is -0.266. The summed E-state index contributed by atoms with van der Waals surface area (Å²) in [5, 5.41) is 11.8. The second-order valence-electron chi connectivity index (χ2n) is 14.7. The Bertz CT molecular complexity index is 1870. The number of amides is 2. The smallest absolute Gasteiger partial charge is 0.435 e. The number of imidazole rings is 2. The first-order valence-corrected chi connectivity index (χ1v) is 16.6. The van der Waals surface area contributed by atoms with Crippen LogP contribution in [0.4, 0.5) is 22.8 Å². The molecule has 0 saturated carbocycles. The summed E-state index contributed by atoms with van der Waals surface area (Å²) in [6.07, 6.45) is 0.719. The van der Waals surface area contributed by atoms with Crippen molar-refractivity contribution in [3.63, 3.8) is 0 Å². The van der Waals surface area contributed by atoms with Gasteiger partial charge in [-0.25, -0.2) is 24.7 Å². The standard InChI is InChI=1S/C35H41F3N8O4/c1-33(2,3)46-26(27(35(36,37)38)43-30(46)25-10-8-15-44(25)31(47)48)20-11-13-21(14-12-20)28-39-17-22(18-40-28)23-19-41-29(42-23)24-9-7-16-45(24)32(49)50-34(4,5)6/h11-14,17-19,24-25H,7-10,15-16H2,1-6H3,(H,41,42)(H,47,48)/p-1/t24-,25-/m0/s1. The minimum absolute atomic E-state index is 0.0389. The van der Waals surface area contributed by atoms with Crippen molar-refractivity contribution >= 4 is 12.2 Å². The number of hydrogen-bond acceptors (Lipinski definition) is 8. The molecule has 266 valence electrons. The zero-order chi connectivity index (χ0) is 36.2. The van der Waals surface area contributed by atoms with E-state index in [1.54, 1.807) is 68.5 Å². The summed E-state index contributed by atoms with van der Waals surface area (Å²) in [5.74, 6) is 1.04. The maximum Gasteiger partial charge on any atom is 0.435 e. The molecule has 5 heterocycles. The van der Waals surface area contributed by atoms with Gasteiger partial charge >= 0.3 is 12.3 Å². The molecule has 3 aromatic heterocycles. The van der Waals surface area contributed by atoms with Crippen molar-refractivity contribution in [2.24, 2.45) is 0 Å². The van der Waals surface area contributed by atoms with Gasteiger partial charge in [-0.3, -0.25) is 4.90 Å². The lowest BCUT2D eigenvalue weighted by Crippen LogP contribution is -2.42. The fourth-order valence-corrected chi connectivity index (χ4v) is 6.69. The van der Waals surface area contributed by atoms with Gasteiger partial charge in [0.05, 0.1) is 29.7 Å². The number of likely N-dealkylation sites (tertiary alicyclic amines) is 2. The third kappa shape index (κ3) is 6.90. The zero-order valence-electron chi connectivity index (χ0n) is 28.8. The van der Waals surface area contributed by atoms with Crippen molar-refractivity contribution < 1.29 is 32.6 Å². The van der Waals surface area contributed by atoms with Crippen LogP contribution in [-0.2, 0) is 16.5 Å². The van der Waals surface area contributed by atoms with Gasteiger partial charge in [-0.15, -0.1) is 0 Å². The zero-order valence-corrected chi connectivity index (χ0v) is 28.8. The van der Waals surface area contributed by atoms with E-state index in [9.17, 15) is 27.9 Å². The first-order valence-electron chi connectivity index (χ1n) is 16.6. The monoisotopic (exact) mass is 693 g/mol. The number of hydrogen-bond donors (Lipinski definition) is 1. The number of carboxylic acid groups (broad SMARTS) is 1. The van der Waals surface area contributed by atoms with Crippen molar-refractivity contribution in [3.05, 3.63) is 60.2 Å². The van der Waals surface area contributed by atoms with Crippen molar-refractivity contribution in [1.82, 2.24) is 39.3 Å². The van der Waals surface area contributed by atoms with E-state index in [0.717, 1.165) is 17.7 Å². The van der Waals surface area contributed by atoms with Crippen LogP contribution in [-0.4, -0.2) is 70.2 Å². The van der Waals surface area contributed by atoms with E-state index >= 15 is 0 Å². The number of ether oxygens (including phenoxy) is 1. The van der Waals surface area contributed by atoms with Gasteiger partial charge in [0.15, 0.2) is 11.5 Å². The number of alkyl halides is 3. The molecule has 15 heteroatoms. The van der Waals surface area contributed by atoms with Gasteiger partial charge in [0, 0.05) is 47.7 Å². The number of carbonyl (C=O) groups is 2. The van der Waals surface area contributed by atoms with Crippen LogP contribution in [0.15, 0.2) is 42.9 Å². The highest BCUT2D eigenvalue weighted by atomic mass is 19.4. The predicted molar refractivity (Wildman–Crippen MR) is 175 cm³/mol.